The fraction of sp³-hybridized carbons (Fsp3) is 0.381. The van der Waals surface area contributed by atoms with Gasteiger partial charge in [-0.25, -0.2) is 4.99 Å². The Bertz CT molecular complexity index is 819. The molecule has 0 saturated heterocycles. The molecule has 2 aromatic carbocycles. The summed E-state index contributed by atoms with van der Waals surface area (Å²) in [5.41, 5.74) is 2.31. The number of aliphatic hydroxyl groups is 2. The Labute approximate surface area is 170 Å². The second-order valence-electron chi connectivity index (χ2n) is 7.58. The lowest BCUT2D eigenvalue weighted by atomic mass is 9.87. The molecule has 0 aliphatic heterocycles. The van der Waals surface area contributed by atoms with Crippen LogP contribution in [-0.4, -0.2) is 40.5 Å². The van der Waals surface area contributed by atoms with E-state index in [0.29, 0.717) is 23.2 Å². The number of aromatic hydroxyl groups is 1. The van der Waals surface area contributed by atoms with Crippen LogP contribution in [0.5, 0.6) is 5.75 Å². The number of aliphatic imine (C=N–C) groups is 1. The lowest BCUT2D eigenvalue weighted by Gasteiger charge is -2.21. The van der Waals surface area contributed by atoms with E-state index in [1.54, 1.807) is 12.1 Å². The Hall–Kier alpha value is -2.28. The van der Waals surface area contributed by atoms with Crippen molar-refractivity contribution in [2.24, 2.45) is 4.99 Å². The average molecular weight is 406 g/mol. The van der Waals surface area contributed by atoms with Gasteiger partial charge in [-0.2, -0.15) is 0 Å². The van der Waals surface area contributed by atoms with Crippen molar-refractivity contribution >= 4 is 23.2 Å². The molecule has 28 heavy (non-hydrogen) atoms. The van der Waals surface area contributed by atoms with Crippen LogP contribution in [0.3, 0.4) is 0 Å². The Morgan fingerprint density at radius 3 is 2.54 bits per heavy atom. The van der Waals surface area contributed by atoms with E-state index < -0.39 is 6.10 Å². The van der Waals surface area contributed by atoms with Gasteiger partial charge in [-0.1, -0.05) is 56.6 Å². The van der Waals surface area contributed by atoms with Crippen molar-refractivity contribution in [2.75, 3.05) is 18.5 Å². The van der Waals surface area contributed by atoms with Gasteiger partial charge in [0.1, 0.15) is 5.75 Å². The fourth-order valence-electron chi connectivity index (χ4n) is 2.44. The van der Waals surface area contributed by atoms with E-state index >= 15 is 0 Å². The topological polar surface area (TPSA) is 97.1 Å². The maximum atomic E-state index is 10.2. The fourth-order valence-corrected chi connectivity index (χ4v) is 2.64. The standard InChI is InChI=1S/C21H28ClN3O3/c1-21(2,3)15-8-9-19(28)18(10-15)25-20(24-12-16(27)13-26)23-11-14-6-4-5-7-17(14)22/h4-10,16,26-28H,11-13H2,1-3H3,(H2,23,24,25). The van der Waals surface area contributed by atoms with Gasteiger partial charge in [0, 0.05) is 11.6 Å². The van der Waals surface area contributed by atoms with E-state index in [-0.39, 0.29) is 24.3 Å². The Morgan fingerprint density at radius 2 is 1.89 bits per heavy atom. The summed E-state index contributed by atoms with van der Waals surface area (Å²) in [6, 6.07) is 12.8. The highest BCUT2D eigenvalue weighted by molar-refractivity contribution is 6.31. The number of hydrogen-bond acceptors (Lipinski definition) is 4. The molecule has 2 rings (SSSR count). The lowest BCUT2D eigenvalue weighted by Crippen LogP contribution is -2.38. The molecule has 0 heterocycles. The van der Waals surface area contributed by atoms with Crippen LogP contribution >= 0.6 is 11.6 Å². The van der Waals surface area contributed by atoms with Crippen molar-refractivity contribution < 1.29 is 15.3 Å². The van der Waals surface area contributed by atoms with Gasteiger partial charge in [-0.15, -0.1) is 0 Å². The number of anilines is 1. The van der Waals surface area contributed by atoms with Crippen molar-refractivity contribution in [3.8, 4) is 5.75 Å². The first-order valence-electron chi connectivity index (χ1n) is 9.12. The number of nitrogens with one attached hydrogen (secondary N) is 2. The second-order valence-corrected chi connectivity index (χ2v) is 7.99. The highest BCUT2D eigenvalue weighted by Gasteiger charge is 2.16. The van der Waals surface area contributed by atoms with Crippen LogP contribution < -0.4 is 10.6 Å². The van der Waals surface area contributed by atoms with Gasteiger partial charge in [0.25, 0.3) is 0 Å². The van der Waals surface area contributed by atoms with Crippen molar-refractivity contribution in [3.63, 3.8) is 0 Å². The molecular formula is C21H28ClN3O3. The first kappa shape index (κ1) is 22.0. The minimum atomic E-state index is -0.929. The monoisotopic (exact) mass is 405 g/mol. The summed E-state index contributed by atoms with van der Waals surface area (Å²) in [6.07, 6.45) is -0.929. The third-order valence-electron chi connectivity index (χ3n) is 4.20. The normalized spacial score (nSPS) is 13.3. The Morgan fingerprint density at radius 1 is 1.18 bits per heavy atom. The van der Waals surface area contributed by atoms with E-state index in [2.05, 4.69) is 36.4 Å². The zero-order valence-corrected chi connectivity index (χ0v) is 17.2. The van der Waals surface area contributed by atoms with Crippen molar-refractivity contribution in [2.45, 2.75) is 38.8 Å². The molecule has 6 nitrogen and oxygen atoms in total. The number of aliphatic hydroxyl groups excluding tert-OH is 2. The largest absolute Gasteiger partial charge is 0.506 e. The second kappa shape index (κ2) is 9.78. The molecule has 2 aromatic rings. The summed E-state index contributed by atoms with van der Waals surface area (Å²) in [6.45, 7) is 6.31. The lowest BCUT2D eigenvalue weighted by molar-refractivity contribution is 0.0982. The molecule has 0 saturated carbocycles. The number of phenols is 1. The van der Waals surface area contributed by atoms with E-state index in [0.717, 1.165) is 11.1 Å². The number of rotatable bonds is 6. The van der Waals surface area contributed by atoms with Gasteiger partial charge >= 0.3 is 0 Å². The predicted octanol–water partition coefficient (Wildman–Crippen LogP) is 3.25. The molecule has 0 bridgehead atoms. The molecule has 152 valence electrons. The Kier molecular flexibility index (Phi) is 7.69. The summed E-state index contributed by atoms with van der Waals surface area (Å²) in [5, 5.41) is 35.6. The van der Waals surface area contributed by atoms with E-state index in [1.165, 1.54) is 0 Å². The van der Waals surface area contributed by atoms with Crippen LogP contribution in [0.4, 0.5) is 5.69 Å². The highest BCUT2D eigenvalue weighted by atomic mass is 35.5. The van der Waals surface area contributed by atoms with Crippen LogP contribution in [0.2, 0.25) is 5.02 Å². The molecule has 0 aliphatic carbocycles. The van der Waals surface area contributed by atoms with Crippen LogP contribution in [0, 0.1) is 0 Å². The van der Waals surface area contributed by atoms with Gasteiger partial charge < -0.3 is 26.0 Å². The SMILES string of the molecule is CC(C)(C)c1ccc(O)c(NC(=NCc2ccccc2Cl)NCC(O)CO)c1. The average Bonchev–Trinajstić information content (AvgIpc) is 2.65. The smallest absolute Gasteiger partial charge is 0.196 e. The van der Waals surface area contributed by atoms with Crippen LogP contribution in [0.15, 0.2) is 47.5 Å². The van der Waals surface area contributed by atoms with E-state index in [4.69, 9.17) is 16.7 Å². The Balaban J connectivity index is 2.26. The molecule has 0 spiro atoms. The van der Waals surface area contributed by atoms with Gasteiger partial charge in [-0.05, 0) is 34.7 Å². The van der Waals surface area contributed by atoms with Gasteiger partial charge in [-0.3, -0.25) is 0 Å². The number of benzene rings is 2. The van der Waals surface area contributed by atoms with Gasteiger partial charge in [0.05, 0.1) is 24.9 Å². The molecule has 0 fully saturated rings. The molecule has 5 N–H and O–H groups in total. The molecule has 0 aromatic heterocycles. The summed E-state index contributed by atoms with van der Waals surface area (Å²) < 4.78 is 0. The number of halogens is 1. The minimum Gasteiger partial charge on any atom is -0.506 e. The highest BCUT2D eigenvalue weighted by Crippen LogP contribution is 2.30. The molecule has 1 atom stereocenters. The van der Waals surface area contributed by atoms with Gasteiger partial charge in [0.2, 0.25) is 0 Å². The number of hydrogen-bond donors (Lipinski definition) is 5. The van der Waals surface area contributed by atoms with Crippen LogP contribution in [-0.2, 0) is 12.0 Å². The maximum absolute atomic E-state index is 10.2. The summed E-state index contributed by atoms with van der Waals surface area (Å²) >= 11 is 6.19. The molecule has 0 radical (unpaired) electrons. The number of phenolic OH excluding ortho intramolecular Hbond substituents is 1. The summed E-state index contributed by atoms with van der Waals surface area (Å²) in [7, 11) is 0. The zero-order chi connectivity index (χ0) is 20.7. The third kappa shape index (κ3) is 6.41. The first-order valence-corrected chi connectivity index (χ1v) is 9.49. The molecule has 7 heteroatoms. The maximum Gasteiger partial charge on any atom is 0.196 e. The number of nitrogens with zero attached hydrogens (tertiary/aromatic N) is 1. The zero-order valence-electron chi connectivity index (χ0n) is 16.4. The first-order chi connectivity index (χ1) is 13.2. The molecule has 1 unspecified atom stereocenters. The quantitative estimate of drug-likeness (QED) is 0.289. The van der Waals surface area contributed by atoms with Crippen molar-refractivity contribution in [3.05, 3.63) is 58.6 Å². The third-order valence-corrected chi connectivity index (χ3v) is 4.57. The van der Waals surface area contributed by atoms with Crippen LogP contribution in [0.1, 0.15) is 31.9 Å². The van der Waals surface area contributed by atoms with Gasteiger partial charge in [0.15, 0.2) is 5.96 Å². The molecule has 0 amide bonds. The van der Waals surface area contributed by atoms with Crippen molar-refractivity contribution in [1.82, 2.24) is 5.32 Å². The minimum absolute atomic E-state index is 0.0838. The molecular weight excluding hydrogens is 378 g/mol. The van der Waals surface area contributed by atoms with E-state index in [9.17, 15) is 10.2 Å². The summed E-state index contributed by atoms with van der Waals surface area (Å²) in [4.78, 5) is 4.50. The van der Waals surface area contributed by atoms with Crippen LogP contribution in [0.25, 0.3) is 0 Å². The summed E-state index contributed by atoms with van der Waals surface area (Å²) in [5.74, 6) is 0.441. The van der Waals surface area contributed by atoms with E-state index in [1.807, 2.05) is 30.3 Å². The van der Waals surface area contributed by atoms with Crippen molar-refractivity contribution in [1.29, 1.82) is 0 Å². The number of guanidine groups is 1. The molecule has 0 aliphatic rings. The predicted molar refractivity (Wildman–Crippen MR) is 114 cm³/mol.